The minimum Gasteiger partial charge on any atom is -0.457 e. The zero-order valence-corrected chi connectivity index (χ0v) is 14.8. The second-order valence-electron chi connectivity index (χ2n) is 6.47. The lowest BCUT2D eigenvalue weighted by atomic mass is 9.72. The van der Waals surface area contributed by atoms with Gasteiger partial charge in [0.25, 0.3) is 5.91 Å². The quantitative estimate of drug-likeness (QED) is 0.615. The summed E-state index contributed by atoms with van der Waals surface area (Å²) in [4.78, 5) is 38.9. The SMILES string of the molecule is N#CC1=C(N)Oc2c(oc(CO)cc2=O)C12C(=O)N(CC(N)=O)c1ccccc12. The number of aliphatic hydroxyl groups is 1. The summed E-state index contributed by atoms with van der Waals surface area (Å²) in [6.07, 6.45) is 0. The van der Waals surface area contributed by atoms with Crippen molar-refractivity contribution in [3.63, 3.8) is 0 Å². The fourth-order valence-electron chi connectivity index (χ4n) is 3.78. The topological polar surface area (TPSA) is 173 Å². The number of ether oxygens (including phenoxy) is 1. The number of nitrogens with zero attached hydrogens (tertiary/aromatic N) is 2. The highest BCUT2D eigenvalue weighted by Gasteiger charge is 2.61. The molecule has 4 rings (SSSR count). The number of nitriles is 1. The number of carbonyl (C=O) groups is 2. The summed E-state index contributed by atoms with van der Waals surface area (Å²) < 4.78 is 11.0. The van der Waals surface area contributed by atoms with Gasteiger partial charge in [-0.05, 0) is 6.07 Å². The second-order valence-corrected chi connectivity index (χ2v) is 6.47. The van der Waals surface area contributed by atoms with Crippen molar-refractivity contribution in [2.45, 2.75) is 12.0 Å². The molecule has 1 aromatic carbocycles. The van der Waals surface area contributed by atoms with Gasteiger partial charge in [0.1, 0.15) is 30.6 Å². The smallest absolute Gasteiger partial charge is 0.251 e. The number of hydrogen-bond acceptors (Lipinski definition) is 8. The number of nitrogens with two attached hydrogens (primary N) is 2. The lowest BCUT2D eigenvalue weighted by Crippen LogP contribution is -2.48. The van der Waals surface area contributed by atoms with Crippen LogP contribution in [0.25, 0.3) is 0 Å². The fraction of sp³-hybridized carbons (Fsp3) is 0.158. The summed E-state index contributed by atoms with van der Waals surface area (Å²) in [5.41, 5.74) is 8.85. The van der Waals surface area contributed by atoms with Crippen LogP contribution < -0.4 is 26.5 Å². The minimum atomic E-state index is -1.96. The van der Waals surface area contributed by atoms with Gasteiger partial charge in [-0.15, -0.1) is 0 Å². The molecular weight excluding hydrogens is 380 g/mol. The Kier molecular flexibility index (Phi) is 3.92. The minimum absolute atomic E-state index is 0.131. The number of fused-ring (bicyclic) bond motifs is 4. The predicted molar refractivity (Wildman–Crippen MR) is 97.1 cm³/mol. The van der Waals surface area contributed by atoms with Crippen molar-refractivity contribution in [1.82, 2.24) is 0 Å². The lowest BCUT2D eigenvalue weighted by Gasteiger charge is -2.32. The Morgan fingerprint density at radius 2 is 2.03 bits per heavy atom. The van der Waals surface area contributed by atoms with Gasteiger partial charge >= 0.3 is 0 Å². The molecule has 0 fully saturated rings. The van der Waals surface area contributed by atoms with E-state index in [9.17, 15) is 24.8 Å². The molecule has 2 aliphatic rings. The highest BCUT2D eigenvalue weighted by atomic mass is 16.5. The molecule has 5 N–H and O–H groups in total. The Morgan fingerprint density at radius 1 is 1.31 bits per heavy atom. The third-order valence-corrected chi connectivity index (χ3v) is 4.88. The van der Waals surface area contributed by atoms with E-state index in [1.807, 2.05) is 6.07 Å². The van der Waals surface area contributed by atoms with E-state index >= 15 is 0 Å². The van der Waals surface area contributed by atoms with Crippen molar-refractivity contribution in [3.05, 3.63) is 69.1 Å². The van der Waals surface area contributed by atoms with Gasteiger partial charge in [0.2, 0.25) is 23.0 Å². The number of primary amides is 1. The maximum atomic E-state index is 13.7. The fourth-order valence-corrected chi connectivity index (χ4v) is 3.78. The molecule has 2 amide bonds. The number of rotatable bonds is 3. The van der Waals surface area contributed by atoms with Crippen LogP contribution in [0.15, 0.2) is 51.0 Å². The number of anilines is 1. The first-order valence-electron chi connectivity index (χ1n) is 8.42. The van der Waals surface area contributed by atoms with Gasteiger partial charge < -0.3 is 30.6 Å². The van der Waals surface area contributed by atoms with Crippen LogP contribution >= 0.6 is 0 Å². The number of hydrogen-bond donors (Lipinski definition) is 3. The average Bonchev–Trinajstić information content (AvgIpc) is 2.92. The molecule has 0 bridgehead atoms. The predicted octanol–water partition coefficient (Wildman–Crippen LogP) is -0.664. The molecule has 1 aromatic heterocycles. The first-order valence-corrected chi connectivity index (χ1v) is 8.42. The van der Waals surface area contributed by atoms with Crippen molar-refractivity contribution in [1.29, 1.82) is 5.26 Å². The Balaban J connectivity index is 2.16. The van der Waals surface area contributed by atoms with Crippen molar-refractivity contribution in [2.24, 2.45) is 11.5 Å². The Bertz CT molecular complexity index is 1210. The van der Waals surface area contributed by atoms with Crippen LogP contribution in [0.3, 0.4) is 0 Å². The number of aliphatic hydroxyl groups excluding tert-OH is 1. The second kappa shape index (κ2) is 6.22. The number of amides is 2. The van der Waals surface area contributed by atoms with Crippen molar-refractivity contribution in [2.75, 3.05) is 11.4 Å². The van der Waals surface area contributed by atoms with Gasteiger partial charge in [0, 0.05) is 17.3 Å². The largest absolute Gasteiger partial charge is 0.457 e. The molecule has 10 nitrogen and oxygen atoms in total. The number of para-hydroxylation sites is 1. The van der Waals surface area contributed by atoms with Gasteiger partial charge in [-0.2, -0.15) is 5.26 Å². The number of carbonyl (C=O) groups excluding carboxylic acids is 2. The van der Waals surface area contributed by atoms with Crippen LogP contribution in [0.4, 0.5) is 5.69 Å². The molecule has 2 aromatic rings. The molecule has 1 unspecified atom stereocenters. The van der Waals surface area contributed by atoms with Crippen LogP contribution in [0.5, 0.6) is 5.75 Å². The van der Waals surface area contributed by atoms with E-state index in [-0.39, 0.29) is 28.4 Å². The van der Waals surface area contributed by atoms with E-state index in [1.165, 1.54) is 0 Å². The van der Waals surface area contributed by atoms with Crippen molar-refractivity contribution >= 4 is 17.5 Å². The molecule has 0 aliphatic carbocycles. The summed E-state index contributed by atoms with van der Waals surface area (Å²) >= 11 is 0. The highest BCUT2D eigenvalue weighted by molar-refractivity contribution is 6.15. The maximum absolute atomic E-state index is 13.7. The molecule has 0 saturated carbocycles. The summed E-state index contributed by atoms with van der Waals surface area (Å²) in [6, 6.07) is 9.26. The Morgan fingerprint density at radius 3 is 2.69 bits per heavy atom. The average molecular weight is 394 g/mol. The molecular formula is C19H14N4O6. The normalized spacial score (nSPS) is 19.6. The van der Waals surface area contributed by atoms with Gasteiger partial charge in [0.05, 0.1) is 0 Å². The molecule has 1 spiro atoms. The van der Waals surface area contributed by atoms with Crippen LogP contribution in [-0.2, 0) is 21.6 Å². The highest BCUT2D eigenvalue weighted by Crippen LogP contribution is 2.54. The molecule has 1 atom stereocenters. The molecule has 0 saturated heterocycles. The van der Waals surface area contributed by atoms with E-state index in [0.717, 1.165) is 11.0 Å². The van der Waals surface area contributed by atoms with Gasteiger partial charge in [-0.25, -0.2) is 0 Å². The summed E-state index contributed by atoms with van der Waals surface area (Å²) in [5, 5.41) is 19.3. The first-order chi connectivity index (χ1) is 13.9. The molecule has 2 aliphatic heterocycles. The van der Waals surface area contributed by atoms with Gasteiger partial charge in [0.15, 0.2) is 11.2 Å². The Hall–Kier alpha value is -4.10. The summed E-state index contributed by atoms with van der Waals surface area (Å²) in [5.74, 6) is -2.76. The van der Waals surface area contributed by atoms with E-state index in [1.54, 1.807) is 24.3 Å². The van der Waals surface area contributed by atoms with Gasteiger partial charge in [-0.1, -0.05) is 18.2 Å². The third kappa shape index (κ3) is 2.28. The van der Waals surface area contributed by atoms with Crippen LogP contribution in [-0.4, -0.2) is 23.5 Å². The van der Waals surface area contributed by atoms with Crippen molar-refractivity contribution < 1.29 is 23.8 Å². The Labute approximate surface area is 163 Å². The zero-order chi connectivity index (χ0) is 20.9. The molecule has 29 heavy (non-hydrogen) atoms. The molecule has 146 valence electrons. The van der Waals surface area contributed by atoms with Crippen LogP contribution in [0, 0.1) is 11.3 Å². The third-order valence-electron chi connectivity index (χ3n) is 4.88. The monoisotopic (exact) mass is 394 g/mol. The summed E-state index contributed by atoms with van der Waals surface area (Å²) in [7, 11) is 0. The molecule has 0 radical (unpaired) electrons. The van der Waals surface area contributed by atoms with E-state index in [0.29, 0.717) is 5.69 Å². The van der Waals surface area contributed by atoms with E-state index in [4.69, 9.17) is 20.6 Å². The van der Waals surface area contributed by atoms with Crippen LogP contribution in [0.1, 0.15) is 17.1 Å². The summed E-state index contributed by atoms with van der Waals surface area (Å²) in [6.45, 7) is -1.09. The molecule has 3 heterocycles. The van der Waals surface area contributed by atoms with Crippen LogP contribution in [0.2, 0.25) is 0 Å². The maximum Gasteiger partial charge on any atom is 0.251 e. The molecule has 10 heteroatoms. The van der Waals surface area contributed by atoms with E-state index in [2.05, 4.69) is 0 Å². The lowest BCUT2D eigenvalue weighted by molar-refractivity contribution is -0.124. The van der Waals surface area contributed by atoms with E-state index < -0.39 is 41.7 Å². The zero-order valence-electron chi connectivity index (χ0n) is 14.8. The number of benzene rings is 1. The van der Waals surface area contributed by atoms with Crippen molar-refractivity contribution in [3.8, 4) is 11.8 Å². The van der Waals surface area contributed by atoms with Gasteiger partial charge in [-0.3, -0.25) is 14.4 Å². The standard InChI is InChI=1S/C19H14N4O6/c20-6-11-17(22)29-15-13(25)5-9(8-24)28-16(15)19(11)10-3-1-2-4-12(10)23(18(19)27)7-14(21)26/h1-5,24H,7-8,22H2,(H2,21,26). The first kappa shape index (κ1) is 18.3.